The summed E-state index contributed by atoms with van der Waals surface area (Å²) in [4.78, 5) is 37.2. The molecule has 116 valence electrons. The highest BCUT2D eigenvalue weighted by Gasteiger charge is 2.40. The number of rotatable bonds is 2. The maximum Gasteiger partial charge on any atom is 0.337 e. The second-order valence-electron chi connectivity index (χ2n) is 5.16. The van der Waals surface area contributed by atoms with Crippen LogP contribution in [0.1, 0.15) is 31.0 Å². The molecule has 6 nitrogen and oxygen atoms in total. The van der Waals surface area contributed by atoms with Crippen LogP contribution in [0, 0.1) is 6.92 Å². The fourth-order valence-corrected chi connectivity index (χ4v) is 2.50. The summed E-state index contributed by atoms with van der Waals surface area (Å²) in [5, 5.41) is 2.53. The maximum atomic E-state index is 12.2. The van der Waals surface area contributed by atoms with E-state index in [9.17, 15) is 14.4 Å². The average molecular weight is 302 g/mol. The van der Waals surface area contributed by atoms with Gasteiger partial charge in [-0.2, -0.15) is 0 Å². The van der Waals surface area contributed by atoms with Crippen molar-refractivity contribution >= 4 is 17.9 Å². The Hall–Kier alpha value is -2.63. The summed E-state index contributed by atoms with van der Waals surface area (Å²) in [5.41, 5.74) is 2.36. The third kappa shape index (κ3) is 2.72. The van der Waals surface area contributed by atoms with Gasteiger partial charge in [0.05, 0.1) is 12.7 Å². The number of hydrogen-bond donors (Lipinski definition) is 1. The van der Waals surface area contributed by atoms with Crippen LogP contribution in [0.4, 0.5) is 4.79 Å². The van der Waals surface area contributed by atoms with Gasteiger partial charge in [0.25, 0.3) is 0 Å². The van der Waals surface area contributed by atoms with Gasteiger partial charge in [-0.05, 0) is 19.4 Å². The molecular weight excluding hydrogens is 284 g/mol. The van der Waals surface area contributed by atoms with Crippen LogP contribution >= 0.6 is 0 Å². The van der Waals surface area contributed by atoms with Crippen LogP contribution in [0.5, 0.6) is 0 Å². The van der Waals surface area contributed by atoms with E-state index in [0.29, 0.717) is 11.3 Å². The first-order valence-corrected chi connectivity index (χ1v) is 6.83. The van der Waals surface area contributed by atoms with E-state index in [0.717, 1.165) is 10.5 Å². The van der Waals surface area contributed by atoms with Crippen molar-refractivity contribution in [2.45, 2.75) is 26.8 Å². The molecule has 6 heteroatoms. The molecule has 1 aromatic rings. The van der Waals surface area contributed by atoms with E-state index in [4.69, 9.17) is 4.74 Å². The van der Waals surface area contributed by atoms with Gasteiger partial charge in [-0.3, -0.25) is 9.69 Å². The normalized spacial score (nSPS) is 18.1. The minimum atomic E-state index is -0.792. The van der Waals surface area contributed by atoms with Crippen molar-refractivity contribution in [1.29, 1.82) is 0 Å². The Morgan fingerprint density at radius 1 is 1.18 bits per heavy atom. The van der Waals surface area contributed by atoms with Gasteiger partial charge in [-0.1, -0.05) is 29.8 Å². The van der Waals surface area contributed by atoms with E-state index in [1.54, 1.807) is 19.1 Å². The lowest BCUT2D eigenvalue weighted by Gasteiger charge is -2.35. The predicted octanol–water partition coefficient (Wildman–Crippen LogP) is 2.05. The Morgan fingerprint density at radius 2 is 1.77 bits per heavy atom. The van der Waals surface area contributed by atoms with Crippen LogP contribution < -0.4 is 5.32 Å². The molecule has 0 radical (unpaired) electrons. The minimum absolute atomic E-state index is 0.251. The lowest BCUT2D eigenvalue weighted by Crippen LogP contribution is -2.50. The summed E-state index contributed by atoms with van der Waals surface area (Å²) in [7, 11) is 1.27. The van der Waals surface area contributed by atoms with Crippen LogP contribution in [0.2, 0.25) is 0 Å². The molecule has 0 fully saturated rings. The van der Waals surface area contributed by atoms with Gasteiger partial charge in [0.2, 0.25) is 5.91 Å². The highest BCUT2D eigenvalue weighted by molar-refractivity contribution is 6.01. The number of methoxy groups -OCH3 is 1. The molecule has 22 heavy (non-hydrogen) atoms. The third-order valence-corrected chi connectivity index (χ3v) is 3.59. The summed E-state index contributed by atoms with van der Waals surface area (Å²) in [6.07, 6.45) is 0. The van der Waals surface area contributed by atoms with E-state index in [-0.39, 0.29) is 5.57 Å². The van der Waals surface area contributed by atoms with E-state index < -0.39 is 23.9 Å². The average Bonchev–Trinajstić information content (AvgIpc) is 2.46. The van der Waals surface area contributed by atoms with Crippen molar-refractivity contribution in [3.8, 4) is 0 Å². The number of carbonyl (C=O) groups excluding carboxylic acids is 3. The fraction of sp³-hybridized carbons (Fsp3) is 0.312. The summed E-state index contributed by atoms with van der Waals surface area (Å²) in [5.74, 6) is -1.02. The predicted molar refractivity (Wildman–Crippen MR) is 79.7 cm³/mol. The number of nitrogens with one attached hydrogen (secondary N) is 1. The fourth-order valence-electron chi connectivity index (χ4n) is 2.50. The number of imide groups is 1. The second kappa shape index (κ2) is 6.01. The molecule has 1 aromatic carbocycles. The maximum absolute atomic E-state index is 12.2. The van der Waals surface area contributed by atoms with Crippen LogP contribution in [-0.4, -0.2) is 29.9 Å². The minimum Gasteiger partial charge on any atom is -0.466 e. The van der Waals surface area contributed by atoms with Gasteiger partial charge < -0.3 is 10.1 Å². The highest BCUT2D eigenvalue weighted by atomic mass is 16.5. The van der Waals surface area contributed by atoms with Crippen molar-refractivity contribution in [2.24, 2.45) is 0 Å². The van der Waals surface area contributed by atoms with Crippen LogP contribution in [0.25, 0.3) is 0 Å². The number of hydrogen-bond acceptors (Lipinski definition) is 4. The summed E-state index contributed by atoms with van der Waals surface area (Å²) in [6.45, 7) is 4.83. The smallest absolute Gasteiger partial charge is 0.337 e. The number of aryl methyl sites for hydroxylation is 1. The largest absolute Gasteiger partial charge is 0.466 e. The molecule has 1 unspecified atom stereocenters. The molecule has 0 aromatic heterocycles. The molecule has 1 heterocycles. The Bertz CT molecular complexity index is 661. The molecule has 0 saturated heterocycles. The number of carbonyl (C=O) groups is 3. The molecule has 0 aliphatic carbocycles. The van der Waals surface area contributed by atoms with Gasteiger partial charge in [0, 0.05) is 12.6 Å². The van der Waals surface area contributed by atoms with Gasteiger partial charge in [0.15, 0.2) is 0 Å². The molecule has 1 aliphatic rings. The number of urea groups is 1. The third-order valence-electron chi connectivity index (χ3n) is 3.59. The van der Waals surface area contributed by atoms with Crippen molar-refractivity contribution < 1.29 is 19.1 Å². The zero-order chi connectivity index (χ0) is 16.4. The molecule has 1 aliphatic heterocycles. The van der Waals surface area contributed by atoms with Gasteiger partial charge in [0.1, 0.15) is 6.04 Å². The highest BCUT2D eigenvalue weighted by Crippen LogP contribution is 2.34. The molecule has 0 bridgehead atoms. The molecule has 0 spiro atoms. The summed E-state index contributed by atoms with van der Waals surface area (Å²) in [6, 6.07) is 5.98. The lowest BCUT2D eigenvalue weighted by molar-refractivity contribution is -0.137. The summed E-state index contributed by atoms with van der Waals surface area (Å²) >= 11 is 0. The number of esters is 1. The number of nitrogens with zero attached hydrogens (tertiary/aromatic N) is 1. The molecule has 1 atom stereocenters. The first-order valence-electron chi connectivity index (χ1n) is 6.83. The number of ether oxygens (including phenoxy) is 1. The molecule has 3 amide bonds. The van der Waals surface area contributed by atoms with Crippen LogP contribution in [0.15, 0.2) is 35.5 Å². The van der Waals surface area contributed by atoms with Crippen molar-refractivity contribution in [1.82, 2.24) is 10.2 Å². The number of amides is 3. The van der Waals surface area contributed by atoms with Crippen LogP contribution in [0.3, 0.4) is 0 Å². The second-order valence-corrected chi connectivity index (χ2v) is 5.16. The Balaban J connectivity index is 2.64. The molecule has 1 N–H and O–H groups in total. The first kappa shape index (κ1) is 15.8. The number of benzene rings is 1. The van der Waals surface area contributed by atoms with Gasteiger partial charge in [-0.15, -0.1) is 0 Å². The van der Waals surface area contributed by atoms with E-state index >= 15 is 0 Å². The van der Waals surface area contributed by atoms with Gasteiger partial charge in [-0.25, -0.2) is 9.59 Å². The lowest BCUT2D eigenvalue weighted by atomic mass is 9.93. The quantitative estimate of drug-likeness (QED) is 0.848. The Labute approximate surface area is 128 Å². The summed E-state index contributed by atoms with van der Waals surface area (Å²) < 4.78 is 4.81. The SMILES string of the molecule is COC(=O)C1=C(C)NC(=O)N(C(C)=O)C1c1ccc(C)cc1. The van der Waals surface area contributed by atoms with Gasteiger partial charge >= 0.3 is 12.0 Å². The van der Waals surface area contributed by atoms with Crippen LogP contribution in [-0.2, 0) is 14.3 Å². The standard InChI is InChI=1S/C16H18N2O4/c1-9-5-7-12(8-6-9)14-13(15(20)22-4)10(2)17-16(21)18(14)11(3)19/h5-8,14H,1-4H3,(H,17,21). The van der Waals surface area contributed by atoms with E-state index in [1.165, 1.54) is 14.0 Å². The molecular formula is C16H18N2O4. The zero-order valence-corrected chi connectivity index (χ0v) is 13.0. The van der Waals surface area contributed by atoms with Crippen molar-refractivity contribution in [3.63, 3.8) is 0 Å². The molecule has 2 rings (SSSR count). The Kier molecular flexibility index (Phi) is 4.30. The number of allylic oxidation sites excluding steroid dienone is 1. The van der Waals surface area contributed by atoms with E-state index in [1.807, 2.05) is 19.1 Å². The van der Waals surface area contributed by atoms with E-state index in [2.05, 4.69) is 5.32 Å². The zero-order valence-electron chi connectivity index (χ0n) is 13.0. The molecule has 0 saturated carbocycles. The Morgan fingerprint density at radius 3 is 2.27 bits per heavy atom. The topological polar surface area (TPSA) is 75.7 Å². The van der Waals surface area contributed by atoms with Crippen molar-refractivity contribution in [3.05, 3.63) is 46.7 Å². The monoisotopic (exact) mass is 302 g/mol. The van der Waals surface area contributed by atoms with Crippen molar-refractivity contribution in [2.75, 3.05) is 7.11 Å². The first-order chi connectivity index (χ1) is 10.4.